The van der Waals surface area contributed by atoms with Gasteiger partial charge in [0.25, 0.3) is 0 Å². The molecule has 3 heteroatoms. The van der Waals surface area contributed by atoms with E-state index in [0.717, 1.165) is 5.57 Å². The Balaban J connectivity index is 4.22. The first kappa shape index (κ1) is 9.62. The zero-order chi connectivity index (χ0) is 8.85. The quantitative estimate of drug-likeness (QED) is 0.587. The number of hydrogen-bond acceptors (Lipinski definition) is 3. The van der Waals surface area contributed by atoms with Gasteiger partial charge in [-0.15, -0.1) is 0 Å². The molecule has 0 spiro atoms. The van der Waals surface area contributed by atoms with Crippen molar-refractivity contribution in [2.45, 2.75) is 6.92 Å². The maximum atomic E-state index is 5.62. The van der Waals surface area contributed by atoms with E-state index in [4.69, 9.17) is 11.5 Å². The van der Waals surface area contributed by atoms with Gasteiger partial charge in [0.1, 0.15) is 5.82 Å². The van der Waals surface area contributed by atoms with Gasteiger partial charge in [0.2, 0.25) is 0 Å². The molecule has 0 heterocycles. The van der Waals surface area contributed by atoms with Gasteiger partial charge in [0.05, 0.1) is 0 Å². The van der Waals surface area contributed by atoms with Gasteiger partial charge in [-0.25, -0.2) is 0 Å². The van der Waals surface area contributed by atoms with Gasteiger partial charge in [-0.2, -0.15) is 0 Å². The van der Waals surface area contributed by atoms with Crippen LogP contribution in [0.2, 0.25) is 0 Å². The molecule has 11 heavy (non-hydrogen) atoms. The van der Waals surface area contributed by atoms with Gasteiger partial charge in [-0.3, -0.25) is 0 Å². The van der Waals surface area contributed by atoms with E-state index in [1.54, 1.807) is 17.2 Å². The molecular formula is C8H15N3. The lowest BCUT2D eigenvalue weighted by Crippen LogP contribution is -2.18. The molecule has 0 bridgehead atoms. The minimum absolute atomic E-state index is 0.624. The van der Waals surface area contributed by atoms with Crippen LogP contribution in [-0.2, 0) is 0 Å². The van der Waals surface area contributed by atoms with Crippen LogP contribution in [-0.4, -0.2) is 11.9 Å². The highest BCUT2D eigenvalue weighted by atomic mass is 15.2. The van der Waals surface area contributed by atoms with E-state index < -0.39 is 0 Å². The van der Waals surface area contributed by atoms with E-state index in [1.807, 2.05) is 14.0 Å². The molecule has 0 aromatic carbocycles. The summed E-state index contributed by atoms with van der Waals surface area (Å²) in [5, 5.41) is 0. The van der Waals surface area contributed by atoms with E-state index in [0.29, 0.717) is 5.82 Å². The first-order valence-corrected chi connectivity index (χ1v) is 3.32. The molecule has 0 aliphatic heterocycles. The Bertz CT molecular complexity index is 192. The van der Waals surface area contributed by atoms with Crippen molar-refractivity contribution in [2.75, 3.05) is 7.05 Å². The van der Waals surface area contributed by atoms with Gasteiger partial charge in [-0.1, -0.05) is 12.2 Å². The van der Waals surface area contributed by atoms with Crippen LogP contribution in [0.5, 0.6) is 0 Å². The Morgan fingerprint density at radius 1 is 1.55 bits per heavy atom. The van der Waals surface area contributed by atoms with Gasteiger partial charge in [0, 0.05) is 19.4 Å². The van der Waals surface area contributed by atoms with E-state index in [1.165, 1.54) is 6.20 Å². The molecule has 0 radical (unpaired) electrons. The van der Waals surface area contributed by atoms with Gasteiger partial charge in [-0.05, 0) is 13.0 Å². The molecule has 0 atom stereocenters. The van der Waals surface area contributed by atoms with Crippen LogP contribution >= 0.6 is 0 Å². The van der Waals surface area contributed by atoms with E-state index >= 15 is 0 Å². The van der Waals surface area contributed by atoms with E-state index in [-0.39, 0.29) is 0 Å². The fraction of sp³-hybridized carbons (Fsp3) is 0.250. The standard InChI is InChI=1S/C8H15N3/c1-7(2)6-8(10)11(3)5-4-9/h4-6H,1,9-10H2,2-3H3/b5-4-,8-6-. The molecule has 0 rings (SSSR count). The maximum absolute atomic E-state index is 5.62. The lowest BCUT2D eigenvalue weighted by molar-refractivity contribution is 0.559. The first-order chi connectivity index (χ1) is 5.07. The molecule has 0 aliphatic carbocycles. The second-order valence-electron chi connectivity index (χ2n) is 2.37. The van der Waals surface area contributed by atoms with Crippen LogP contribution in [0.1, 0.15) is 6.92 Å². The van der Waals surface area contributed by atoms with Gasteiger partial charge < -0.3 is 16.4 Å². The zero-order valence-electron chi connectivity index (χ0n) is 7.04. The second kappa shape index (κ2) is 4.44. The zero-order valence-corrected chi connectivity index (χ0v) is 7.04. The van der Waals surface area contributed by atoms with Crippen LogP contribution < -0.4 is 11.5 Å². The summed E-state index contributed by atoms with van der Waals surface area (Å²) in [6.07, 6.45) is 4.88. The van der Waals surface area contributed by atoms with Crippen molar-refractivity contribution in [3.63, 3.8) is 0 Å². The van der Waals surface area contributed by atoms with Gasteiger partial charge in [0.15, 0.2) is 0 Å². The first-order valence-electron chi connectivity index (χ1n) is 3.32. The third kappa shape index (κ3) is 4.08. The minimum atomic E-state index is 0.624. The largest absolute Gasteiger partial charge is 0.403 e. The Morgan fingerprint density at radius 2 is 2.09 bits per heavy atom. The van der Waals surface area contributed by atoms with Crippen molar-refractivity contribution in [2.24, 2.45) is 11.5 Å². The highest BCUT2D eigenvalue weighted by Gasteiger charge is 1.92. The van der Waals surface area contributed by atoms with Crippen LogP contribution in [0.25, 0.3) is 0 Å². The molecule has 0 fully saturated rings. The van der Waals surface area contributed by atoms with E-state index in [9.17, 15) is 0 Å². The molecule has 0 unspecified atom stereocenters. The number of allylic oxidation sites excluding steroid dienone is 2. The summed E-state index contributed by atoms with van der Waals surface area (Å²) in [5.74, 6) is 0.624. The molecule has 62 valence electrons. The summed E-state index contributed by atoms with van der Waals surface area (Å²) < 4.78 is 0. The summed E-state index contributed by atoms with van der Waals surface area (Å²) in [7, 11) is 1.82. The minimum Gasteiger partial charge on any atom is -0.403 e. The molecule has 3 nitrogen and oxygen atoms in total. The number of rotatable bonds is 3. The summed E-state index contributed by atoms with van der Waals surface area (Å²) >= 11 is 0. The predicted octanol–water partition coefficient (Wildman–Crippen LogP) is 0.724. The molecule has 0 aliphatic rings. The van der Waals surface area contributed by atoms with E-state index in [2.05, 4.69) is 6.58 Å². The average Bonchev–Trinajstić information content (AvgIpc) is 1.86. The molecule has 0 amide bonds. The van der Waals surface area contributed by atoms with Crippen LogP contribution in [0.3, 0.4) is 0 Å². The number of nitrogens with two attached hydrogens (primary N) is 2. The third-order valence-electron chi connectivity index (χ3n) is 1.11. The maximum Gasteiger partial charge on any atom is 0.103 e. The van der Waals surface area contributed by atoms with Crippen LogP contribution in [0, 0.1) is 0 Å². The summed E-state index contributed by atoms with van der Waals surface area (Å²) in [5.41, 5.74) is 11.7. The molecule has 0 aromatic heterocycles. The Kier molecular flexibility index (Phi) is 3.88. The van der Waals surface area contributed by atoms with Crippen molar-refractivity contribution < 1.29 is 0 Å². The fourth-order valence-corrected chi connectivity index (χ4v) is 0.569. The highest BCUT2D eigenvalue weighted by molar-refractivity contribution is 5.16. The number of nitrogens with zero attached hydrogens (tertiary/aromatic N) is 1. The second-order valence-corrected chi connectivity index (χ2v) is 2.37. The molecule has 0 aromatic rings. The third-order valence-corrected chi connectivity index (χ3v) is 1.11. The smallest absolute Gasteiger partial charge is 0.103 e. The summed E-state index contributed by atoms with van der Waals surface area (Å²) in [6, 6.07) is 0. The monoisotopic (exact) mass is 153 g/mol. The normalized spacial score (nSPS) is 12.0. The lowest BCUT2D eigenvalue weighted by Gasteiger charge is -2.13. The lowest BCUT2D eigenvalue weighted by atomic mass is 10.3. The molecular weight excluding hydrogens is 138 g/mol. The van der Waals surface area contributed by atoms with Crippen LogP contribution in [0.15, 0.2) is 36.4 Å². The fourth-order valence-electron chi connectivity index (χ4n) is 0.569. The topological polar surface area (TPSA) is 55.3 Å². The van der Waals surface area contributed by atoms with Crippen molar-refractivity contribution in [1.29, 1.82) is 0 Å². The molecule has 0 saturated carbocycles. The average molecular weight is 153 g/mol. The van der Waals surface area contributed by atoms with Crippen molar-refractivity contribution in [3.05, 3.63) is 36.4 Å². The summed E-state index contributed by atoms with van der Waals surface area (Å²) in [6.45, 7) is 5.58. The number of hydrogen-bond donors (Lipinski definition) is 2. The van der Waals surface area contributed by atoms with Crippen molar-refractivity contribution in [3.8, 4) is 0 Å². The van der Waals surface area contributed by atoms with Crippen LogP contribution in [0.4, 0.5) is 0 Å². The Hall–Kier alpha value is -1.38. The van der Waals surface area contributed by atoms with Crippen molar-refractivity contribution >= 4 is 0 Å². The summed E-state index contributed by atoms with van der Waals surface area (Å²) in [4.78, 5) is 1.72. The SMILES string of the molecule is C=C(C)/C=C(/N)N(C)/C=C\N. The highest BCUT2D eigenvalue weighted by Crippen LogP contribution is 1.98. The Labute approximate surface area is 67.7 Å². The molecule has 0 saturated heterocycles. The molecule has 4 N–H and O–H groups in total. The van der Waals surface area contributed by atoms with Crippen molar-refractivity contribution in [1.82, 2.24) is 4.90 Å². The Morgan fingerprint density at radius 3 is 2.45 bits per heavy atom. The predicted molar refractivity (Wildman–Crippen MR) is 48.2 cm³/mol. The van der Waals surface area contributed by atoms with Gasteiger partial charge >= 0.3 is 0 Å².